The lowest BCUT2D eigenvalue weighted by atomic mass is 9.93. The average Bonchev–Trinajstić information content (AvgIpc) is 2.70. The van der Waals surface area contributed by atoms with Crippen molar-refractivity contribution in [3.63, 3.8) is 0 Å². The number of carboxylic acid groups (broad SMARTS) is 1. The van der Waals surface area contributed by atoms with E-state index in [-0.39, 0.29) is 16.8 Å². The number of phenolic OH excluding ortho intramolecular Hbond substituents is 1. The van der Waals surface area contributed by atoms with Crippen LogP contribution in [0.4, 0.5) is 0 Å². The lowest BCUT2D eigenvalue weighted by Crippen LogP contribution is -2.12. The Hall–Kier alpha value is -4.39. The predicted octanol–water partition coefficient (Wildman–Crippen LogP) is 4.08. The Labute approximate surface area is 167 Å². The summed E-state index contributed by atoms with van der Waals surface area (Å²) in [4.78, 5) is 35.0. The molecule has 0 radical (unpaired) electrons. The van der Waals surface area contributed by atoms with Crippen LogP contribution in [0.25, 0.3) is 44.4 Å². The number of carboxylic acids is 1. The van der Waals surface area contributed by atoms with Crippen molar-refractivity contribution in [3.8, 4) is 28.2 Å². The van der Waals surface area contributed by atoms with E-state index >= 15 is 0 Å². The summed E-state index contributed by atoms with van der Waals surface area (Å²) >= 11 is 0. The first kappa shape index (κ1) is 17.7. The third kappa shape index (κ3) is 2.72. The summed E-state index contributed by atoms with van der Waals surface area (Å²) in [5, 5.41) is 20.2. The molecule has 2 aliphatic rings. The largest absolute Gasteiger partial charge is 0.508 e. The molecule has 7 nitrogen and oxygen atoms in total. The first-order chi connectivity index (χ1) is 14.4. The van der Waals surface area contributed by atoms with Crippen molar-refractivity contribution >= 4 is 27.9 Å². The van der Waals surface area contributed by atoms with Crippen molar-refractivity contribution < 1.29 is 23.8 Å². The number of aromatic hydroxyl groups is 1. The fourth-order valence-electron chi connectivity index (χ4n) is 3.60. The van der Waals surface area contributed by atoms with E-state index in [1.165, 1.54) is 30.3 Å². The number of hydrogen-bond acceptors (Lipinski definition) is 6. The van der Waals surface area contributed by atoms with Crippen molar-refractivity contribution in [3.05, 3.63) is 86.9 Å². The molecule has 0 saturated carbocycles. The Kier molecular flexibility index (Phi) is 3.72. The number of aromatic carboxylic acids is 1. The molecule has 2 N–H and O–H groups in total. The van der Waals surface area contributed by atoms with Gasteiger partial charge in [-0.3, -0.25) is 4.79 Å². The summed E-state index contributed by atoms with van der Waals surface area (Å²) in [6.07, 6.45) is 0. The van der Waals surface area contributed by atoms with Gasteiger partial charge in [0.15, 0.2) is 5.43 Å². The van der Waals surface area contributed by atoms with Gasteiger partial charge >= 0.3 is 11.6 Å². The molecule has 1 aliphatic carbocycles. The van der Waals surface area contributed by atoms with Gasteiger partial charge in [0.2, 0.25) is 0 Å². The van der Waals surface area contributed by atoms with Gasteiger partial charge < -0.3 is 19.0 Å². The highest BCUT2D eigenvalue weighted by Gasteiger charge is 2.19. The summed E-state index contributed by atoms with van der Waals surface area (Å²) in [6, 6.07) is 15.4. The Morgan fingerprint density at radius 1 is 0.833 bits per heavy atom. The molecule has 146 valence electrons. The molecule has 7 heteroatoms. The average molecular weight is 400 g/mol. The maximum Gasteiger partial charge on any atom is 0.351 e. The van der Waals surface area contributed by atoms with Crippen LogP contribution in [-0.4, -0.2) is 16.2 Å². The SMILES string of the molecule is O=C(O)c1cc2cc(-c3c4ccc(=O)cc-4oc4cc(O)ccc34)ccc2oc1=O. The fraction of sp³-hybridized carbons (Fsp3) is 0. The number of rotatable bonds is 2. The Morgan fingerprint density at radius 3 is 2.47 bits per heavy atom. The number of hydrogen-bond donors (Lipinski definition) is 2. The van der Waals surface area contributed by atoms with Gasteiger partial charge in [-0.15, -0.1) is 0 Å². The van der Waals surface area contributed by atoms with E-state index in [9.17, 15) is 24.6 Å². The number of carbonyl (C=O) groups is 1. The zero-order chi connectivity index (χ0) is 21.0. The van der Waals surface area contributed by atoms with E-state index in [1.54, 1.807) is 30.3 Å². The van der Waals surface area contributed by atoms with Crippen LogP contribution < -0.4 is 11.1 Å². The van der Waals surface area contributed by atoms with E-state index in [2.05, 4.69) is 0 Å². The standard InChI is InChI=1S/C23H12O7/c24-13-2-4-15-19(9-13)29-20-10-14(25)3-5-16(20)21(15)11-1-6-18-12(7-11)8-17(22(26)27)23(28)30-18/h1-10,24H,(H,26,27). The van der Waals surface area contributed by atoms with Crippen LogP contribution in [0.5, 0.6) is 5.75 Å². The molecule has 0 saturated heterocycles. The highest BCUT2D eigenvalue weighted by Crippen LogP contribution is 2.41. The number of phenols is 1. The zero-order valence-electron chi connectivity index (χ0n) is 15.2. The summed E-state index contributed by atoms with van der Waals surface area (Å²) < 4.78 is 10.9. The van der Waals surface area contributed by atoms with Gasteiger partial charge in [0.25, 0.3) is 0 Å². The second-order valence-electron chi connectivity index (χ2n) is 6.82. The lowest BCUT2D eigenvalue weighted by molar-refractivity contribution is 0.0692. The molecule has 30 heavy (non-hydrogen) atoms. The van der Waals surface area contributed by atoms with E-state index in [0.717, 1.165) is 5.56 Å². The van der Waals surface area contributed by atoms with Crippen molar-refractivity contribution in [1.82, 2.24) is 0 Å². The van der Waals surface area contributed by atoms with Crippen molar-refractivity contribution in [2.24, 2.45) is 0 Å². The second-order valence-corrected chi connectivity index (χ2v) is 6.82. The van der Waals surface area contributed by atoms with Gasteiger partial charge in [-0.2, -0.15) is 0 Å². The monoisotopic (exact) mass is 400 g/mol. The van der Waals surface area contributed by atoms with E-state index in [4.69, 9.17) is 8.83 Å². The highest BCUT2D eigenvalue weighted by molar-refractivity contribution is 6.03. The van der Waals surface area contributed by atoms with Crippen LogP contribution in [-0.2, 0) is 0 Å². The minimum Gasteiger partial charge on any atom is -0.508 e. The van der Waals surface area contributed by atoms with Gasteiger partial charge in [0.05, 0.1) is 0 Å². The fourth-order valence-corrected chi connectivity index (χ4v) is 3.60. The minimum atomic E-state index is -1.37. The summed E-state index contributed by atoms with van der Waals surface area (Å²) in [5.41, 5.74) is 1.13. The van der Waals surface area contributed by atoms with Crippen LogP contribution in [0.3, 0.4) is 0 Å². The third-order valence-corrected chi connectivity index (χ3v) is 4.93. The molecule has 2 heterocycles. The molecular formula is C23H12O7. The lowest BCUT2D eigenvalue weighted by Gasteiger charge is -2.15. The predicted molar refractivity (Wildman–Crippen MR) is 109 cm³/mol. The van der Waals surface area contributed by atoms with Gasteiger partial charge in [0.1, 0.15) is 28.2 Å². The minimum absolute atomic E-state index is 0.0150. The van der Waals surface area contributed by atoms with E-state index in [0.29, 0.717) is 33.2 Å². The van der Waals surface area contributed by atoms with Gasteiger partial charge in [-0.25, -0.2) is 9.59 Å². The molecule has 0 fully saturated rings. The van der Waals surface area contributed by atoms with Gasteiger partial charge in [-0.05, 0) is 48.0 Å². The molecule has 0 spiro atoms. The molecule has 1 aliphatic heterocycles. The quantitative estimate of drug-likeness (QED) is 0.339. The smallest absolute Gasteiger partial charge is 0.351 e. The van der Waals surface area contributed by atoms with Crippen LogP contribution in [0.15, 0.2) is 79.1 Å². The highest BCUT2D eigenvalue weighted by atomic mass is 16.4. The molecule has 3 aromatic rings. The third-order valence-electron chi connectivity index (χ3n) is 4.93. The zero-order valence-corrected chi connectivity index (χ0v) is 15.2. The van der Waals surface area contributed by atoms with E-state index in [1.807, 2.05) is 0 Å². The first-order valence-corrected chi connectivity index (χ1v) is 8.92. The van der Waals surface area contributed by atoms with Crippen LogP contribution in [0, 0.1) is 0 Å². The van der Waals surface area contributed by atoms with Crippen molar-refractivity contribution in [1.29, 1.82) is 0 Å². The Morgan fingerprint density at radius 2 is 1.67 bits per heavy atom. The summed E-state index contributed by atoms with van der Waals surface area (Å²) in [5.74, 6) is -1.01. The van der Waals surface area contributed by atoms with E-state index < -0.39 is 17.2 Å². The molecule has 0 atom stereocenters. The summed E-state index contributed by atoms with van der Waals surface area (Å²) in [6.45, 7) is 0. The van der Waals surface area contributed by atoms with Gasteiger partial charge in [-0.1, -0.05) is 6.07 Å². The number of benzene rings is 3. The molecular weight excluding hydrogens is 388 g/mol. The normalized spacial score (nSPS) is 11.3. The molecule has 0 bridgehead atoms. The maximum absolute atomic E-state index is 11.8. The Balaban J connectivity index is 1.88. The maximum atomic E-state index is 11.8. The molecule has 5 rings (SSSR count). The summed E-state index contributed by atoms with van der Waals surface area (Å²) in [7, 11) is 0. The number of fused-ring (bicyclic) bond motifs is 3. The van der Waals surface area contributed by atoms with Crippen LogP contribution in [0.2, 0.25) is 0 Å². The molecule has 0 amide bonds. The Bertz CT molecular complexity index is 1570. The molecule has 2 aromatic carbocycles. The van der Waals surface area contributed by atoms with Gasteiger partial charge in [0, 0.05) is 34.0 Å². The molecule has 0 unspecified atom stereocenters. The van der Waals surface area contributed by atoms with Crippen LogP contribution in [0.1, 0.15) is 10.4 Å². The van der Waals surface area contributed by atoms with Crippen LogP contribution >= 0.6 is 0 Å². The topological polar surface area (TPSA) is 118 Å². The van der Waals surface area contributed by atoms with Crippen molar-refractivity contribution in [2.45, 2.75) is 0 Å². The van der Waals surface area contributed by atoms with Crippen molar-refractivity contribution in [2.75, 3.05) is 0 Å². The second kappa shape index (κ2) is 6.31. The first-order valence-electron chi connectivity index (χ1n) is 8.92. The molecule has 1 aromatic heterocycles.